The van der Waals surface area contributed by atoms with Gasteiger partial charge in [0, 0.05) is 58.1 Å². The van der Waals surface area contributed by atoms with Gasteiger partial charge < -0.3 is 9.80 Å². The van der Waals surface area contributed by atoms with Crippen LogP contribution in [0, 0.1) is 5.92 Å². The summed E-state index contributed by atoms with van der Waals surface area (Å²) in [5.41, 5.74) is 3.87. The minimum Gasteiger partial charge on any atom is -0.352 e. The number of nitrogens with one attached hydrogen (secondary N) is 1. The molecule has 0 radical (unpaired) electrons. The fourth-order valence-corrected chi connectivity index (χ4v) is 4.60. The van der Waals surface area contributed by atoms with Gasteiger partial charge in [-0.2, -0.15) is 10.1 Å². The van der Waals surface area contributed by atoms with E-state index in [0.717, 1.165) is 24.3 Å². The van der Waals surface area contributed by atoms with Crippen molar-refractivity contribution in [1.29, 1.82) is 0 Å². The summed E-state index contributed by atoms with van der Waals surface area (Å²) in [6.45, 7) is 1.17. The molecule has 2 bridgehead atoms. The molecule has 1 N–H and O–H groups in total. The van der Waals surface area contributed by atoms with Gasteiger partial charge in [0.05, 0.1) is 11.9 Å². The number of hydrazine groups is 1. The Balaban J connectivity index is 1.34. The second kappa shape index (κ2) is 6.86. The molecule has 11 heteroatoms. The van der Waals surface area contributed by atoms with Crippen molar-refractivity contribution < 1.29 is 13.6 Å². The van der Waals surface area contributed by atoms with Crippen LogP contribution in [0.4, 0.5) is 26.2 Å². The number of hydrogen-bond acceptors (Lipinski definition) is 7. The monoisotopic (exact) mass is 418 g/mol. The first-order valence-corrected chi connectivity index (χ1v) is 10.1. The summed E-state index contributed by atoms with van der Waals surface area (Å²) in [6.07, 6.45) is 6.62. The van der Waals surface area contributed by atoms with Crippen LogP contribution in [0.1, 0.15) is 19.3 Å². The van der Waals surface area contributed by atoms with Crippen molar-refractivity contribution in [3.05, 3.63) is 24.7 Å². The number of halogens is 2. The lowest BCUT2D eigenvalue weighted by molar-refractivity contribution is -0.138. The van der Waals surface area contributed by atoms with Crippen molar-refractivity contribution in [2.24, 2.45) is 13.0 Å². The Morgan fingerprint density at radius 1 is 1.30 bits per heavy atom. The highest BCUT2D eigenvalue weighted by molar-refractivity contribution is 5.84. The van der Waals surface area contributed by atoms with Crippen molar-refractivity contribution >= 4 is 23.4 Å². The van der Waals surface area contributed by atoms with E-state index in [1.165, 1.54) is 0 Å². The third-order valence-corrected chi connectivity index (χ3v) is 6.19. The van der Waals surface area contributed by atoms with E-state index < -0.39 is 11.8 Å². The predicted octanol–water partition coefficient (Wildman–Crippen LogP) is 1.32. The predicted molar refractivity (Wildman–Crippen MR) is 105 cm³/mol. The smallest absolute Gasteiger partial charge is 0.260 e. The van der Waals surface area contributed by atoms with Crippen LogP contribution in [0.3, 0.4) is 0 Å². The second-order valence-electron chi connectivity index (χ2n) is 8.20. The summed E-state index contributed by atoms with van der Waals surface area (Å²) < 4.78 is 28.5. The highest BCUT2D eigenvalue weighted by Gasteiger charge is 2.64. The molecule has 0 spiro atoms. The molecular formula is C19H24F2N8O. The van der Waals surface area contributed by atoms with Crippen molar-refractivity contribution in [1.82, 2.24) is 30.1 Å². The van der Waals surface area contributed by atoms with Crippen molar-refractivity contribution in [2.45, 2.75) is 37.3 Å². The number of fused-ring (bicyclic) bond motifs is 2. The number of amides is 1. The summed E-state index contributed by atoms with van der Waals surface area (Å²) in [5, 5.41) is 5.92. The third kappa shape index (κ3) is 3.17. The van der Waals surface area contributed by atoms with Gasteiger partial charge in [-0.3, -0.25) is 9.48 Å². The van der Waals surface area contributed by atoms with Gasteiger partial charge in [0.15, 0.2) is 0 Å². The van der Waals surface area contributed by atoms with Crippen LogP contribution in [-0.2, 0) is 11.8 Å². The number of rotatable bonds is 5. The SMILES string of the molecule is CNN(c1cnn(C)c1)c1nccc(N2CC3CC[C@@H](C2)N3C(=O)[C@@H]2CC2(F)F)n1. The molecule has 2 aliphatic heterocycles. The van der Waals surface area contributed by atoms with E-state index >= 15 is 0 Å². The zero-order chi connectivity index (χ0) is 21.0. The van der Waals surface area contributed by atoms with Crippen molar-refractivity contribution in [3.8, 4) is 0 Å². The number of piperazine rings is 1. The Labute approximate surface area is 172 Å². The van der Waals surface area contributed by atoms with Crippen LogP contribution in [0.2, 0.25) is 0 Å². The molecule has 1 amide bonds. The largest absolute Gasteiger partial charge is 0.352 e. The minimum absolute atomic E-state index is 0.0511. The van der Waals surface area contributed by atoms with E-state index in [0.29, 0.717) is 19.0 Å². The number of carbonyl (C=O) groups excluding carboxylic acids is 1. The fourth-order valence-electron chi connectivity index (χ4n) is 4.60. The molecule has 3 aliphatic rings. The Morgan fingerprint density at radius 2 is 2.00 bits per heavy atom. The van der Waals surface area contributed by atoms with Gasteiger partial charge in [-0.15, -0.1) is 0 Å². The number of alkyl halides is 2. The van der Waals surface area contributed by atoms with E-state index in [1.54, 1.807) is 34.0 Å². The molecule has 2 saturated heterocycles. The second-order valence-corrected chi connectivity index (χ2v) is 8.20. The Hall–Kier alpha value is -2.82. The molecule has 3 fully saturated rings. The van der Waals surface area contributed by atoms with Gasteiger partial charge in [-0.25, -0.2) is 24.2 Å². The fraction of sp³-hybridized carbons (Fsp3) is 0.579. The first-order chi connectivity index (χ1) is 14.4. The maximum atomic E-state index is 13.4. The van der Waals surface area contributed by atoms with Crippen LogP contribution in [0.15, 0.2) is 24.7 Å². The van der Waals surface area contributed by atoms with E-state index in [4.69, 9.17) is 4.98 Å². The van der Waals surface area contributed by atoms with Crippen LogP contribution in [0.25, 0.3) is 0 Å². The average molecular weight is 418 g/mol. The summed E-state index contributed by atoms with van der Waals surface area (Å²) in [5.74, 6) is -3.09. The molecule has 30 heavy (non-hydrogen) atoms. The van der Waals surface area contributed by atoms with Crippen LogP contribution in [-0.4, -0.2) is 68.7 Å². The standard InChI is InChI=1S/C19H24F2N8O/c1-22-29(14-8-24-26(2)9-14)18-23-6-5-16(25-18)27-10-12-3-4-13(11-27)28(12)17(30)15-7-19(15,20)21/h5-6,8-9,12-13,15,22H,3-4,7,10-11H2,1-2H3/t12-,13?,15-/m0/s1. The van der Waals surface area contributed by atoms with E-state index in [-0.39, 0.29) is 24.4 Å². The first kappa shape index (κ1) is 19.2. The zero-order valence-electron chi connectivity index (χ0n) is 16.9. The normalized spacial score (nSPS) is 26.7. The molecule has 1 saturated carbocycles. The van der Waals surface area contributed by atoms with E-state index in [9.17, 15) is 13.6 Å². The molecule has 2 aromatic rings. The van der Waals surface area contributed by atoms with Crippen LogP contribution < -0.4 is 15.3 Å². The minimum atomic E-state index is -2.82. The van der Waals surface area contributed by atoms with Gasteiger partial charge in [0.1, 0.15) is 11.7 Å². The maximum absolute atomic E-state index is 13.4. The summed E-state index contributed by atoms with van der Waals surface area (Å²) >= 11 is 0. The van der Waals surface area contributed by atoms with Crippen LogP contribution in [0.5, 0.6) is 0 Å². The molecule has 160 valence electrons. The Bertz CT molecular complexity index is 952. The topological polar surface area (TPSA) is 82.4 Å². The lowest BCUT2D eigenvalue weighted by Gasteiger charge is -2.41. The van der Waals surface area contributed by atoms with Gasteiger partial charge in [0.2, 0.25) is 11.9 Å². The lowest BCUT2D eigenvalue weighted by Crippen LogP contribution is -2.56. The summed E-state index contributed by atoms with van der Waals surface area (Å²) in [6, 6.07) is 1.74. The first-order valence-electron chi connectivity index (χ1n) is 10.1. The molecular weight excluding hydrogens is 394 g/mol. The number of nitrogens with zero attached hydrogens (tertiary/aromatic N) is 7. The number of aryl methyl sites for hydroxylation is 1. The van der Waals surface area contributed by atoms with Gasteiger partial charge >= 0.3 is 0 Å². The number of anilines is 3. The number of carbonyl (C=O) groups is 1. The zero-order valence-corrected chi connectivity index (χ0v) is 16.9. The van der Waals surface area contributed by atoms with Crippen molar-refractivity contribution in [3.63, 3.8) is 0 Å². The van der Waals surface area contributed by atoms with E-state index in [1.807, 2.05) is 19.3 Å². The summed E-state index contributed by atoms with van der Waals surface area (Å²) in [7, 11) is 3.62. The highest BCUT2D eigenvalue weighted by Crippen LogP contribution is 2.51. The molecule has 0 aromatic carbocycles. The van der Waals surface area contributed by atoms with Crippen LogP contribution >= 0.6 is 0 Å². The van der Waals surface area contributed by atoms with E-state index in [2.05, 4.69) is 20.4 Å². The molecule has 5 rings (SSSR count). The molecule has 4 heterocycles. The molecule has 3 atom stereocenters. The van der Waals surface area contributed by atoms with Crippen molar-refractivity contribution in [2.75, 3.05) is 30.0 Å². The molecule has 1 unspecified atom stereocenters. The van der Waals surface area contributed by atoms with Gasteiger partial charge in [0.25, 0.3) is 5.92 Å². The third-order valence-electron chi connectivity index (χ3n) is 6.19. The molecule has 2 aromatic heterocycles. The van der Waals surface area contributed by atoms with Gasteiger partial charge in [-0.05, 0) is 18.9 Å². The highest BCUT2D eigenvalue weighted by atomic mass is 19.3. The quantitative estimate of drug-likeness (QED) is 0.734. The average Bonchev–Trinajstić information content (AvgIpc) is 3.01. The maximum Gasteiger partial charge on any atom is 0.260 e. The Kier molecular flexibility index (Phi) is 4.38. The number of aromatic nitrogens is 4. The molecule has 1 aliphatic carbocycles. The summed E-state index contributed by atoms with van der Waals surface area (Å²) in [4.78, 5) is 25.5. The molecule has 9 nitrogen and oxygen atoms in total. The number of hydrogen-bond donors (Lipinski definition) is 1. The Morgan fingerprint density at radius 3 is 2.57 bits per heavy atom. The lowest BCUT2D eigenvalue weighted by atomic mass is 10.1. The van der Waals surface area contributed by atoms with Gasteiger partial charge in [-0.1, -0.05) is 0 Å².